The van der Waals surface area contributed by atoms with Gasteiger partial charge in [0.2, 0.25) is 0 Å². The van der Waals surface area contributed by atoms with Gasteiger partial charge in [-0.2, -0.15) is 0 Å². The van der Waals surface area contributed by atoms with E-state index in [-0.39, 0.29) is 5.54 Å². The van der Waals surface area contributed by atoms with Crippen LogP contribution in [0.2, 0.25) is 0 Å². The Kier molecular flexibility index (Phi) is 2.62. The van der Waals surface area contributed by atoms with Crippen LogP contribution < -0.4 is 5.32 Å². The maximum atomic E-state index is 4.45. The average molecular weight is 267 g/mol. The molecule has 1 aliphatic carbocycles. The highest BCUT2D eigenvalue weighted by Gasteiger charge is 2.32. The van der Waals surface area contributed by atoms with Gasteiger partial charge in [0.15, 0.2) is 0 Å². The van der Waals surface area contributed by atoms with Crippen molar-refractivity contribution in [3.63, 3.8) is 0 Å². The van der Waals surface area contributed by atoms with Gasteiger partial charge >= 0.3 is 0 Å². The van der Waals surface area contributed by atoms with Crippen LogP contribution in [-0.4, -0.2) is 16.1 Å². The number of imidazole rings is 1. The van der Waals surface area contributed by atoms with E-state index >= 15 is 0 Å². The smallest absolute Gasteiger partial charge is 0.0956 e. The number of hydrogen-bond donors (Lipinski definition) is 1. The lowest BCUT2D eigenvalue weighted by Crippen LogP contribution is -2.26. The minimum atomic E-state index is 0.243. The highest BCUT2D eigenvalue weighted by molar-refractivity contribution is 5.80. The third-order valence-corrected chi connectivity index (χ3v) is 5.02. The monoisotopic (exact) mass is 267 g/mol. The maximum Gasteiger partial charge on any atom is 0.0956 e. The van der Waals surface area contributed by atoms with Crippen molar-refractivity contribution in [2.24, 2.45) is 0 Å². The summed E-state index contributed by atoms with van der Waals surface area (Å²) in [6.07, 6.45) is 10.4. The molecule has 0 saturated heterocycles. The maximum absolute atomic E-state index is 4.45. The first-order valence-electron chi connectivity index (χ1n) is 7.67. The molecule has 3 nitrogen and oxygen atoms in total. The molecule has 0 spiro atoms. The normalized spacial score (nSPS) is 19.9. The van der Waals surface area contributed by atoms with Crippen LogP contribution >= 0.6 is 0 Å². The predicted octanol–water partition coefficient (Wildman–Crippen LogP) is 3.81. The van der Waals surface area contributed by atoms with Crippen LogP contribution in [-0.2, 0) is 12.0 Å². The molecular formula is C17H21N3. The van der Waals surface area contributed by atoms with E-state index in [0.717, 1.165) is 13.0 Å². The molecule has 1 aliphatic heterocycles. The Labute approximate surface area is 120 Å². The molecular weight excluding hydrogens is 246 g/mol. The largest absolute Gasteiger partial charge is 0.384 e. The Bertz CT molecular complexity index is 635. The van der Waals surface area contributed by atoms with Gasteiger partial charge in [0, 0.05) is 23.3 Å². The zero-order valence-electron chi connectivity index (χ0n) is 12.0. The Balaban J connectivity index is 1.85. The summed E-state index contributed by atoms with van der Waals surface area (Å²) in [5.74, 6) is 0. The molecule has 3 heteroatoms. The Hall–Kier alpha value is -1.77. The zero-order chi connectivity index (χ0) is 13.6. The minimum Gasteiger partial charge on any atom is -0.384 e. The molecule has 1 aromatic carbocycles. The first-order valence-corrected chi connectivity index (χ1v) is 7.67. The molecule has 2 aromatic rings. The van der Waals surface area contributed by atoms with Crippen LogP contribution in [0.3, 0.4) is 0 Å². The lowest BCUT2D eigenvalue weighted by Gasteiger charge is -2.28. The lowest BCUT2D eigenvalue weighted by atomic mass is 9.98. The number of nitrogens with zero attached hydrogens (tertiary/aromatic N) is 2. The summed E-state index contributed by atoms with van der Waals surface area (Å²) in [6, 6.07) is 6.63. The zero-order valence-corrected chi connectivity index (χ0v) is 12.0. The van der Waals surface area contributed by atoms with Gasteiger partial charge in [-0.25, -0.2) is 4.98 Å². The molecule has 0 atom stereocenters. The highest BCUT2D eigenvalue weighted by atomic mass is 15.1. The molecule has 0 amide bonds. The van der Waals surface area contributed by atoms with Gasteiger partial charge in [0.25, 0.3) is 0 Å². The minimum absolute atomic E-state index is 0.243. The first-order chi connectivity index (χ1) is 9.78. The second kappa shape index (κ2) is 4.37. The highest BCUT2D eigenvalue weighted by Crippen LogP contribution is 2.41. The van der Waals surface area contributed by atoms with Crippen LogP contribution in [0.25, 0.3) is 11.3 Å². The van der Waals surface area contributed by atoms with E-state index in [2.05, 4.69) is 40.0 Å². The number of rotatable bonds is 2. The van der Waals surface area contributed by atoms with E-state index in [4.69, 9.17) is 0 Å². The summed E-state index contributed by atoms with van der Waals surface area (Å²) < 4.78 is 2.41. The van der Waals surface area contributed by atoms with Gasteiger partial charge in [-0.15, -0.1) is 0 Å². The molecule has 4 rings (SSSR count). The van der Waals surface area contributed by atoms with E-state index in [9.17, 15) is 0 Å². The van der Waals surface area contributed by atoms with Gasteiger partial charge in [0.05, 0.1) is 18.2 Å². The summed E-state index contributed by atoms with van der Waals surface area (Å²) in [6.45, 7) is 3.43. The van der Waals surface area contributed by atoms with E-state index in [1.807, 2.05) is 12.5 Å². The molecule has 2 heterocycles. The molecule has 1 saturated carbocycles. The Morgan fingerprint density at radius 2 is 2.10 bits per heavy atom. The van der Waals surface area contributed by atoms with Crippen molar-refractivity contribution in [1.29, 1.82) is 0 Å². The second-order valence-electron chi connectivity index (χ2n) is 6.37. The molecule has 0 radical (unpaired) electrons. The number of fused-ring (bicyclic) bond motifs is 1. The number of benzene rings is 1. The summed E-state index contributed by atoms with van der Waals surface area (Å²) in [5.41, 5.74) is 5.57. The first kappa shape index (κ1) is 12.0. The summed E-state index contributed by atoms with van der Waals surface area (Å²) >= 11 is 0. The van der Waals surface area contributed by atoms with Gasteiger partial charge in [-0.05, 0) is 31.7 Å². The Morgan fingerprint density at radius 1 is 1.25 bits per heavy atom. The molecule has 1 aromatic heterocycles. The van der Waals surface area contributed by atoms with E-state index in [0.29, 0.717) is 0 Å². The van der Waals surface area contributed by atoms with Crippen molar-refractivity contribution in [3.8, 4) is 11.3 Å². The molecule has 1 N–H and O–H groups in total. The van der Waals surface area contributed by atoms with Crippen molar-refractivity contribution in [2.75, 3.05) is 11.9 Å². The summed E-state index contributed by atoms with van der Waals surface area (Å²) in [4.78, 5) is 4.45. The van der Waals surface area contributed by atoms with Gasteiger partial charge < -0.3 is 9.88 Å². The van der Waals surface area contributed by atoms with Gasteiger partial charge in [0.1, 0.15) is 0 Å². The van der Waals surface area contributed by atoms with Crippen LogP contribution in [0, 0.1) is 0 Å². The SMILES string of the molecule is CC1(n2cncc2-c2cccc3c2NCC3)CCCC1. The topological polar surface area (TPSA) is 29.9 Å². The van der Waals surface area contributed by atoms with Crippen LogP contribution in [0.5, 0.6) is 0 Å². The average Bonchev–Trinajstić information content (AvgIpc) is 3.18. The van der Waals surface area contributed by atoms with Gasteiger partial charge in [-0.3, -0.25) is 0 Å². The van der Waals surface area contributed by atoms with Crippen LogP contribution in [0.15, 0.2) is 30.7 Å². The van der Waals surface area contributed by atoms with E-state index < -0.39 is 0 Å². The summed E-state index contributed by atoms with van der Waals surface area (Å²) in [5, 5.41) is 3.55. The third kappa shape index (κ3) is 1.69. The van der Waals surface area contributed by atoms with Crippen molar-refractivity contribution in [1.82, 2.24) is 9.55 Å². The van der Waals surface area contributed by atoms with Crippen LogP contribution in [0.4, 0.5) is 5.69 Å². The predicted molar refractivity (Wildman–Crippen MR) is 82.0 cm³/mol. The fourth-order valence-electron chi connectivity index (χ4n) is 3.85. The summed E-state index contributed by atoms with van der Waals surface area (Å²) in [7, 11) is 0. The van der Waals surface area contributed by atoms with Crippen molar-refractivity contribution in [2.45, 2.75) is 44.6 Å². The third-order valence-electron chi connectivity index (χ3n) is 5.02. The standard InChI is InChI=1S/C17H21N3/c1-17(8-2-3-9-17)20-12-18-11-15(20)14-6-4-5-13-7-10-19-16(13)14/h4-6,11-12,19H,2-3,7-10H2,1H3. The van der Waals surface area contributed by atoms with Crippen molar-refractivity contribution in [3.05, 3.63) is 36.3 Å². The lowest BCUT2D eigenvalue weighted by molar-refractivity contribution is 0.332. The number of aromatic nitrogens is 2. The van der Waals surface area contributed by atoms with Crippen LogP contribution in [0.1, 0.15) is 38.2 Å². The fraction of sp³-hybridized carbons (Fsp3) is 0.471. The van der Waals surface area contributed by atoms with Gasteiger partial charge in [-0.1, -0.05) is 31.0 Å². The Morgan fingerprint density at radius 3 is 2.95 bits per heavy atom. The quantitative estimate of drug-likeness (QED) is 0.896. The van der Waals surface area contributed by atoms with E-state index in [1.165, 1.54) is 48.2 Å². The molecule has 2 aliphatic rings. The molecule has 1 fully saturated rings. The number of hydrogen-bond acceptors (Lipinski definition) is 2. The molecule has 104 valence electrons. The van der Waals surface area contributed by atoms with Crippen molar-refractivity contribution < 1.29 is 0 Å². The van der Waals surface area contributed by atoms with Crippen molar-refractivity contribution >= 4 is 5.69 Å². The fourth-order valence-corrected chi connectivity index (χ4v) is 3.85. The molecule has 0 bridgehead atoms. The molecule has 20 heavy (non-hydrogen) atoms. The number of para-hydroxylation sites is 1. The second-order valence-corrected chi connectivity index (χ2v) is 6.37. The van der Waals surface area contributed by atoms with E-state index in [1.54, 1.807) is 0 Å². The molecule has 0 unspecified atom stereocenters. The number of nitrogens with one attached hydrogen (secondary N) is 1. The number of anilines is 1.